The maximum atomic E-state index is 11.6. The Morgan fingerprint density at radius 1 is 1.03 bits per heavy atom. The maximum absolute atomic E-state index is 11.6. The number of aliphatic hydroxyl groups excluding tert-OH is 2. The molecule has 0 aliphatic heterocycles. The summed E-state index contributed by atoms with van der Waals surface area (Å²) in [5, 5.41) is 32.9. The first-order valence-electron chi connectivity index (χ1n) is 12.5. The van der Waals surface area contributed by atoms with Crippen LogP contribution >= 0.6 is 0 Å². The molecule has 0 aromatic rings. The van der Waals surface area contributed by atoms with Crippen molar-refractivity contribution in [3.8, 4) is 0 Å². The van der Waals surface area contributed by atoms with E-state index in [1.165, 1.54) is 24.8 Å². The van der Waals surface area contributed by atoms with Crippen LogP contribution in [0.25, 0.3) is 0 Å². The van der Waals surface area contributed by atoms with Crippen LogP contribution in [0.4, 0.5) is 0 Å². The van der Waals surface area contributed by atoms with Gasteiger partial charge < -0.3 is 15.3 Å². The van der Waals surface area contributed by atoms with Crippen molar-refractivity contribution in [3.05, 3.63) is 23.8 Å². The average molecular weight is 417 g/mol. The second kappa shape index (κ2) is 7.74. The first-order valence-corrected chi connectivity index (χ1v) is 12.5. The fourth-order valence-corrected chi connectivity index (χ4v) is 8.15. The SMILES string of the molecule is CC(C)C/C=C/[C@@H](C)[C@H]1CC[C@H]2C3=C[C@H](O)[C@@]4(O)C[C@@H](O)CC[C@]4(C)[C@H]3CC[C@]12C. The van der Waals surface area contributed by atoms with Gasteiger partial charge >= 0.3 is 0 Å². The van der Waals surface area contributed by atoms with Crippen molar-refractivity contribution in [2.24, 2.45) is 40.4 Å². The molecule has 0 aromatic heterocycles. The van der Waals surface area contributed by atoms with Crippen molar-refractivity contribution in [1.82, 2.24) is 0 Å². The molecule has 4 rings (SSSR count). The van der Waals surface area contributed by atoms with Crippen LogP contribution in [0.1, 0.15) is 86.0 Å². The average Bonchev–Trinajstić information content (AvgIpc) is 3.01. The lowest BCUT2D eigenvalue weighted by atomic mass is 9.45. The van der Waals surface area contributed by atoms with Crippen LogP contribution in [-0.2, 0) is 0 Å². The Bertz CT molecular complexity index is 711. The van der Waals surface area contributed by atoms with E-state index in [1.807, 2.05) is 6.08 Å². The lowest BCUT2D eigenvalue weighted by Gasteiger charge is -2.62. The Balaban J connectivity index is 1.62. The number of hydrogen-bond donors (Lipinski definition) is 3. The van der Waals surface area contributed by atoms with E-state index in [4.69, 9.17) is 0 Å². The fourth-order valence-electron chi connectivity index (χ4n) is 8.15. The van der Waals surface area contributed by atoms with E-state index >= 15 is 0 Å². The third-order valence-electron chi connectivity index (χ3n) is 10.0. The monoisotopic (exact) mass is 416 g/mol. The molecular weight excluding hydrogens is 372 g/mol. The van der Waals surface area contributed by atoms with Crippen molar-refractivity contribution in [2.75, 3.05) is 0 Å². The summed E-state index contributed by atoms with van der Waals surface area (Å²) in [6.07, 6.45) is 13.2. The molecule has 30 heavy (non-hydrogen) atoms. The fraction of sp³-hybridized carbons (Fsp3) is 0.852. The number of allylic oxidation sites excluding steroid dienone is 3. The van der Waals surface area contributed by atoms with Gasteiger partial charge in [0.1, 0.15) is 11.7 Å². The Labute approximate surface area is 183 Å². The molecule has 3 saturated carbocycles. The summed E-state index contributed by atoms with van der Waals surface area (Å²) in [7, 11) is 0. The third-order valence-corrected chi connectivity index (χ3v) is 10.0. The van der Waals surface area contributed by atoms with E-state index in [0.29, 0.717) is 36.0 Å². The maximum Gasteiger partial charge on any atom is 0.102 e. The first kappa shape index (κ1) is 22.6. The molecule has 3 N–H and O–H groups in total. The van der Waals surface area contributed by atoms with Crippen molar-refractivity contribution in [3.63, 3.8) is 0 Å². The molecule has 0 heterocycles. The minimum Gasteiger partial charge on any atom is -0.393 e. The lowest BCUT2D eigenvalue weighted by Crippen LogP contribution is -2.65. The molecule has 3 nitrogen and oxygen atoms in total. The van der Waals surface area contributed by atoms with Gasteiger partial charge in [0, 0.05) is 11.8 Å². The standard InChI is InChI=1S/C27H44O3/c1-17(2)7-6-8-18(3)21-9-10-22-20-15-24(29)27(30)16-19(28)11-14-26(27,5)23(20)12-13-25(21,22)4/h6,8,15,17-19,21-24,28-30H,7,9-14,16H2,1-5H3/b8-6+/t18-,19+,21-,22+,23+,24+,25-,26-,27+/m1/s1. The quantitative estimate of drug-likeness (QED) is 0.549. The zero-order chi connectivity index (χ0) is 21.9. The largest absolute Gasteiger partial charge is 0.393 e. The smallest absolute Gasteiger partial charge is 0.102 e. The Morgan fingerprint density at radius 2 is 1.77 bits per heavy atom. The van der Waals surface area contributed by atoms with Gasteiger partial charge in [0.25, 0.3) is 0 Å². The summed E-state index contributed by atoms with van der Waals surface area (Å²) < 4.78 is 0. The van der Waals surface area contributed by atoms with Gasteiger partial charge in [-0.15, -0.1) is 0 Å². The predicted octanol–water partition coefficient (Wildman–Crippen LogP) is 5.25. The number of rotatable bonds is 4. The molecule has 0 spiro atoms. The molecule has 0 bridgehead atoms. The highest BCUT2D eigenvalue weighted by Gasteiger charge is 2.64. The Morgan fingerprint density at radius 3 is 2.47 bits per heavy atom. The molecule has 0 amide bonds. The van der Waals surface area contributed by atoms with E-state index in [-0.39, 0.29) is 10.8 Å². The van der Waals surface area contributed by atoms with Crippen molar-refractivity contribution in [1.29, 1.82) is 0 Å². The summed E-state index contributed by atoms with van der Waals surface area (Å²) >= 11 is 0. The molecule has 170 valence electrons. The number of aliphatic hydroxyl groups is 3. The minimum atomic E-state index is -1.20. The van der Waals surface area contributed by atoms with Gasteiger partial charge in [-0.2, -0.15) is 0 Å². The van der Waals surface area contributed by atoms with Crippen molar-refractivity contribution in [2.45, 2.75) is 104 Å². The Hall–Kier alpha value is -0.640. The molecule has 4 aliphatic carbocycles. The van der Waals surface area contributed by atoms with Gasteiger partial charge in [0.05, 0.1) is 6.10 Å². The zero-order valence-electron chi connectivity index (χ0n) is 19.8. The van der Waals surface area contributed by atoms with Gasteiger partial charge in [-0.25, -0.2) is 0 Å². The topological polar surface area (TPSA) is 60.7 Å². The second-order valence-electron chi connectivity index (χ2n) is 12.1. The summed E-state index contributed by atoms with van der Waals surface area (Å²) in [5.74, 6) is 2.83. The normalized spacial score (nSPS) is 49.5. The van der Waals surface area contributed by atoms with E-state index in [9.17, 15) is 15.3 Å². The van der Waals surface area contributed by atoms with Gasteiger partial charge in [-0.05, 0) is 80.0 Å². The van der Waals surface area contributed by atoms with Gasteiger partial charge in [-0.1, -0.05) is 58.4 Å². The van der Waals surface area contributed by atoms with Gasteiger partial charge in [-0.3, -0.25) is 0 Å². The number of hydrogen-bond acceptors (Lipinski definition) is 3. The summed E-state index contributed by atoms with van der Waals surface area (Å²) in [5.41, 5.74) is 0.180. The van der Waals surface area contributed by atoms with Crippen LogP contribution in [0.15, 0.2) is 23.8 Å². The summed E-state index contributed by atoms with van der Waals surface area (Å²) in [4.78, 5) is 0. The predicted molar refractivity (Wildman–Crippen MR) is 122 cm³/mol. The molecule has 4 aliphatic rings. The molecule has 0 saturated heterocycles. The number of fused-ring (bicyclic) bond motifs is 5. The van der Waals surface area contributed by atoms with Crippen LogP contribution in [-0.4, -0.2) is 33.1 Å². The van der Waals surface area contributed by atoms with Crippen molar-refractivity contribution >= 4 is 0 Å². The van der Waals surface area contributed by atoms with Crippen LogP contribution in [0.2, 0.25) is 0 Å². The van der Waals surface area contributed by atoms with Crippen LogP contribution in [0, 0.1) is 40.4 Å². The molecular formula is C27H44O3. The molecule has 0 unspecified atom stereocenters. The third kappa shape index (κ3) is 3.26. The van der Waals surface area contributed by atoms with Gasteiger partial charge in [0.15, 0.2) is 0 Å². The zero-order valence-corrected chi connectivity index (χ0v) is 19.8. The van der Waals surface area contributed by atoms with E-state index < -0.39 is 17.8 Å². The van der Waals surface area contributed by atoms with Crippen LogP contribution in [0.3, 0.4) is 0 Å². The Kier molecular flexibility index (Phi) is 5.82. The van der Waals surface area contributed by atoms with E-state index in [1.54, 1.807) is 0 Å². The summed E-state index contributed by atoms with van der Waals surface area (Å²) in [6.45, 7) is 11.6. The molecule has 9 atom stereocenters. The van der Waals surface area contributed by atoms with Crippen LogP contribution < -0.4 is 0 Å². The van der Waals surface area contributed by atoms with E-state index in [2.05, 4.69) is 46.8 Å². The van der Waals surface area contributed by atoms with Crippen molar-refractivity contribution < 1.29 is 15.3 Å². The minimum absolute atomic E-state index is 0.281. The highest BCUT2D eigenvalue weighted by molar-refractivity contribution is 5.33. The van der Waals surface area contributed by atoms with Crippen LogP contribution in [0.5, 0.6) is 0 Å². The molecule has 3 fully saturated rings. The molecule has 0 aromatic carbocycles. The highest BCUT2D eigenvalue weighted by atomic mass is 16.3. The highest BCUT2D eigenvalue weighted by Crippen LogP contribution is 2.67. The van der Waals surface area contributed by atoms with E-state index in [0.717, 1.165) is 25.7 Å². The molecule has 3 heteroatoms. The second-order valence-corrected chi connectivity index (χ2v) is 12.1. The lowest BCUT2D eigenvalue weighted by molar-refractivity contribution is -0.210. The van der Waals surface area contributed by atoms with Gasteiger partial charge in [0.2, 0.25) is 0 Å². The summed E-state index contributed by atoms with van der Waals surface area (Å²) in [6, 6.07) is 0. The molecule has 0 radical (unpaired) electrons. The first-order chi connectivity index (χ1) is 14.0.